The number of methoxy groups -OCH3 is 1. The molecule has 0 radical (unpaired) electrons. The molecule has 0 aliphatic carbocycles. The molecule has 5 heteroatoms. The highest BCUT2D eigenvalue weighted by atomic mass is 16.5. The van der Waals surface area contributed by atoms with Crippen molar-refractivity contribution in [3.05, 3.63) is 42.2 Å². The van der Waals surface area contributed by atoms with Gasteiger partial charge < -0.3 is 15.2 Å². The van der Waals surface area contributed by atoms with E-state index in [1.165, 1.54) is 0 Å². The molecule has 0 saturated carbocycles. The Labute approximate surface area is 112 Å². The summed E-state index contributed by atoms with van der Waals surface area (Å²) in [6.45, 7) is 2.43. The highest BCUT2D eigenvalue weighted by molar-refractivity contribution is 5.39. The van der Waals surface area contributed by atoms with E-state index < -0.39 is 0 Å². The lowest BCUT2D eigenvalue weighted by molar-refractivity contribution is 0.405. The van der Waals surface area contributed by atoms with Gasteiger partial charge in [-0.3, -0.25) is 4.68 Å². The first kappa shape index (κ1) is 13.4. The maximum atomic E-state index is 9.80. The number of rotatable bonds is 7. The van der Waals surface area contributed by atoms with Gasteiger partial charge in [-0.15, -0.1) is 0 Å². The number of aromatic hydroxyl groups is 1. The molecular formula is C14H19N3O2. The summed E-state index contributed by atoms with van der Waals surface area (Å²) < 4.78 is 6.95. The molecule has 0 aliphatic rings. The fraction of sp³-hybridized carbons (Fsp3) is 0.357. The molecule has 0 saturated heterocycles. The second-order valence-electron chi connectivity index (χ2n) is 4.29. The normalized spacial score (nSPS) is 10.6. The number of aryl methyl sites for hydroxylation is 1. The Balaban J connectivity index is 1.70. The van der Waals surface area contributed by atoms with Gasteiger partial charge in [-0.2, -0.15) is 5.10 Å². The molecule has 102 valence electrons. The summed E-state index contributed by atoms with van der Waals surface area (Å²) in [5.41, 5.74) is 0.875. The lowest BCUT2D eigenvalue weighted by atomic mass is 10.2. The number of nitrogens with zero attached hydrogens (tertiary/aromatic N) is 2. The van der Waals surface area contributed by atoms with Gasteiger partial charge in [0.25, 0.3) is 0 Å². The number of hydrogen-bond acceptors (Lipinski definition) is 4. The van der Waals surface area contributed by atoms with Crippen LogP contribution in [0, 0.1) is 0 Å². The zero-order valence-electron chi connectivity index (χ0n) is 11.0. The number of phenolic OH excluding ortho intramolecular Hbond substituents is 1. The second kappa shape index (κ2) is 6.80. The topological polar surface area (TPSA) is 59.3 Å². The maximum Gasteiger partial charge on any atom is 0.123 e. The van der Waals surface area contributed by atoms with Crippen LogP contribution in [0.3, 0.4) is 0 Å². The standard InChI is InChI=1S/C14H19N3O2/c1-19-13-5-4-12(14(18)10-13)11-15-6-2-8-17-9-3-7-16-17/h3-5,7,9-10,15,18H,2,6,8,11H2,1H3. The number of nitrogens with one attached hydrogen (secondary N) is 1. The summed E-state index contributed by atoms with van der Waals surface area (Å²) >= 11 is 0. The summed E-state index contributed by atoms with van der Waals surface area (Å²) in [7, 11) is 1.59. The summed E-state index contributed by atoms with van der Waals surface area (Å²) in [4.78, 5) is 0. The van der Waals surface area contributed by atoms with E-state index in [0.717, 1.165) is 25.1 Å². The van der Waals surface area contributed by atoms with Crippen LogP contribution in [-0.4, -0.2) is 28.5 Å². The SMILES string of the molecule is COc1ccc(CNCCCn2cccn2)c(O)c1. The monoisotopic (exact) mass is 261 g/mol. The molecule has 0 unspecified atom stereocenters. The highest BCUT2D eigenvalue weighted by Crippen LogP contribution is 2.22. The first-order chi connectivity index (χ1) is 9.29. The predicted molar refractivity (Wildman–Crippen MR) is 73.2 cm³/mol. The van der Waals surface area contributed by atoms with Crippen molar-refractivity contribution in [2.45, 2.75) is 19.5 Å². The lowest BCUT2D eigenvalue weighted by Gasteiger charge is -2.08. The molecule has 0 spiro atoms. The lowest BCUT2D eigenvalue weighted by Crippen LogP contribution is -2.16. The molecule has 5 nitrogen and oxygen atoms in total. The van der Waals surface area contributed by atoms with Gasteiger partial charge in [-0.1, -0.05) is 6.07 Å². The molecule has 0 bridgehead atoms. The van der Waals surface area contributed by atoms with Gasteiger partial charge in [0.15, 0.2) is 0 Å². The van der Waals surface area contributed by atoms with Crippen LogP contribution in [0.5, 0.6) is 11.5 Å². The zero-order chi connectivity index (χ0) is 13.5. The molecule has 1 aromatic carbocycles. The van der Waals surface area contributed by atoms with Crippen molar-refractivity contribution in [1.82, 2.24) is 15.1 Å². The largest absolute Gasteiger partial charge is 0.507 e. The van der Waals surface area contributed by atoms with Crippen molar-refractivity contribution in [3.8, 4) is 11.5 Å². The number of aromatic nitrogens is 2. The predicted octanol–water partition coefficient (Wildman–Crippen LogP) is 1.78. The minimum absolute atomic E-state index is 0.263. The quantitative estimate of drug-likeness (QED) is 0.746. The van der Waals surface area contributed by atoms with Crippen LogP contribution in [0.2, 0.25) is 0 Å². The Morgan fingerprint density at radius 1 is 1.42 bits per heavy atom. The van der Waals surface area contributed by atoms with Crippen LogP contribution in [0.25, 0.3) is 0 Å². The molecule has 1 aromatic heterocycles. The van der Waals surface area contributed by atoms with Crippen molar-refractivity contribution < 1.29 is 9.84 Å². The molecule has 19 heavy (non-hydrogen) atoms. The highest BCUT2D eigenvalue weighted by Gasteiger charge is 2.02. The maximum absolute atomic E-state index is 9.80. The zero-order valence-corrected chi connectivity index (χ0v) is 11.0. The van der Waals surface area contributed by atoms with Crippen molar-refractivity contribution in [2.75, 3.05) is 13.7 Å². The van der Waals surface area contributed by atoms with Crippen molar-refractivity contribution >= 4 is 0 Å². The van der Waals surface area contributed by atoms with Gasteiger partial charge in [0, 0.05) is 37.1 Å². The Hall–Kier alpha value is -2.01. The third-order valence-corrected chi connectivity index (χ3v) is 2.91. The van der Waals surface area contributed by atoms with Gasteiger partial charge in [0.05, 0.1) is 7.11 Å². The minimum atomic E-state index is 0.263. The molecule has 1 heterocycles. The van der Waals surface area contributed by atoms with E-state index in [9.17, 15) is 5.11 Å². The third kappa shape index (κ3) is 3.99. The Bertz CT molecular complexity index is 497. The molecule has 0 fully saturated rings. The van der Waals surface area contributed by atoms with Gasteiger partial charge in [0.1, 0.15) is 11.5 Å². The van der Waals surface area contributed by atoms with Gasteiger partial charge in [0.2, 0.25) is 0 Å². The number of ether oxygens (including phenoxy) is 1. The van der Waals surface area contributed by atoms with E-state index in [2.05, 4.69) is 10.4 Å². The summed E-state index contributed by atoms with van der Waals surface area (Å²) in [5.74, 6) is 0.929. The van der Waals surface area contributed by atoms with Crippen molar-refractivity contribution in [1.29, 1.82) is 0 Å². The number of phenols is 1. The summed E-state index contributed by atoms with van der Waals surface area (Å²) in [6.07, 6.45) is 4.73. The van der Waals surface area contributed by atoms with E-state index in [-0.39, 0.29) is 5.75 Å². The van der Waals surface area contributed by atoms with Crippen LogP contribution < -0.4 is 10.1 Å². The molecule has 0 atom stereocenters. The fourth-order valence-electron chi connectivity index (χ4n) is 1.84. The van der Waals surface area contributed by atoms with Crippen LogP contribution >= 0.6 is 0 Å². The van der Waals surface area contributed by atoms with E-state index in [1.807, 2.05) is 29.1 Å². The van der Waals surface area contributed by atoms with Crippen LogP contribution in [0.1, 0.15) is 12.0 Å². The smallest absolute Gasteiger partial charge is 0.123 e. The molecule has 2 aromatic rings. The third-order valence-electron chi connectivity index (χ3n) is 2.91. The number of benzene rings is 1. The molecule has 0 aliphatic heterocycles. The fourth-order valence-corrected chi connectivity index (χ4v) is 1.84. The van der Waals surface area contributed by atoms with E-state index in [1.54, 1.807) is 19.4 Å². The summed E-state index contributed by atoms with van der Waals surface area (Å²) in [6, 6.07) is 7.26. The molecular weight excluding hydrogens is 242 g/mol. The Morgan fingerprint density at radius 2 is 2.32 bits per heavy atom. The molecule has 2 N–H and O–H groups in total. The first-order valence-electron chi connectivity index (χ1n) is 6.33. The minimum Gasteiger partial charge on any atom is -0.507 e. The molecule has 2 rings (SSSR count). The van der Waals surface area contributed by atoms with Crippen LogP contribution in [0.4, 0.5) is 0 Å². The van der Waals surface area contributed by atoms with E-state index >= 15 is 0 Å². The Morgan fingerprint density at radius 3 is 3.00 bits per heavy atom. The van der Waals surface area contributed by atoms with Crippen LogP contribution in [0.15, 0.2) is 36.7 Å². The van der Waals surface area contributed by atoms with E-state index in [4.69, 9.17) is 4.74 Å². The average Bonchev–Trinajstić information content (AvgIpc) is 2.93. The second-order valence-corrected chi connectivity index (χ2v) is 4.29. The summed E-state index contributed by atoms with van der Waals surface area (Å²) in [5, 5.41) is 17.2. The first-order valence-corrected chi connectivity index (χ1v) is 6.33. The molecule has 0 amide bonds. The van der Waals surface area contributed by atoms with Gasteiger partial charge in [-0.05, 0) is 25.1 Å². The van der Waals surface area contributed by atoms with Gasteiger partial charge in [-0.25, -0.2) is 0 Å². The van der Waals surface area contributed by atoms with Gasteiger partial charge >= 0.3 is 0 Å². The van der Waals surface area contributed by atoms with Crippen LogP contribution in [-0.2, 0) is 13.1 Å². The number of hydrogen-bond donors (Lipinski definition) is 2. The average molecular weight is 261 g/mol. The van der Waals surface area contributed by atoms with Crippen molar-refractivity contribution in [2.24, 2.45) is 0 Å². The van der Waals surface area contributed by atoms with E-state index in [0.29, 0.717) is 12.3 Å². The Kier molecular flexibility index (Phi) is 4.80. The van der Waals surface area contributed by atoms with Crippen molar-refractivity contribution in [3.63, 3.8) is 0 Å².